The molecule has 1 amide bonds. The van der Waals surface area contributed by atoms with E-state index in [0.29, 0.717) is 5.69 Å². The largest absolute Gasteiger partial charge is 0.349 e. The van der Waals surface area contributed by atoms with Gasteiger partial charge in [0.15, 0.2) is 15.7 Å². The van der Waals surface area contributed by atoms with Crippen molar-refractivity contribution >= 4 is 15.7 Å². The molecule has 1 atom stereocenters. The summed E-state index contributed by atoms with van der Waals surface area (Å²) in [6.45, 7) is 1.80. The first-order valence-electron chi connectivity index (χ1n) is 8.32. The van der Waals surface area contributed by atoms with Crippen LogP contribution >= 0.6 is 0 Å². The summed E-state index contributed by atoms with van der Waals surface area (Å²) in [4.78, 5) is 12.2. The Morgan fingerprint density at radius 1 is 1.07 bits per heavy atom. The fourth-order valence-electron chi connectivity index (χ4n) is 2.62. The van der Waals surface area contributed by atoms with Crippen molar-refractivity contribution in [2.45, 2.75) is 18.7 Å². The monoisotopic (exact) mass is 385 g/mol. The number of aromatic nitrogens is 4. The highest BCUT2D eigenvalue weighted by molar-refractivity contribution is 7.91. The van der Waals surface area contributed by atoms with Crippen molar-refractivity contribution in [2.75, 3.05) is 5.75 Å². The first kappa shape index (κ1) is 18.7. The zero-order chi connectivity index (χ0) is 19.3. The van der Waals surface area contributed by atoms with Gasteiger partial charge < -0.3 is 5.32 Å². The van der Waals surface area contributed by atoms with Crippen LogP contribution in [0.25, 0.3) is 5.69 Å². The van der Waals surface area contributed by atoms with Gasteiger partial charge in [-0.2, -0.15) is 4.68 Å². The lowest BCUT2D eigenvalue weighted by Crippen LogP contribution is -2.33. The van der Waals surface area contributed by atoms with E-state index in [0.717, 1.165) is 5.56 Å². The molecule has 0 bridgehead atoms. The van der Waals surface area contributed by atoms with Gasteiger partial charge in [-0.1, -0.05) is 48.5 Å². The third-order valence-corrected chi connectivity index (χ3v) is 5.31. The molecule has 1 heterocycles. The molecule has 9 heteroatoms. The number of carbonyl (C=O) groups excluding carboxylic acids is 1. The first-order valence-corrected chi connectivity index (χ1v) is 10.1. The molecule has 0 saturated carbocycles. The van der Waals surface area contributed by atoms with E-state index in [2.05, 4.69) is 20.8 Å². The van der Waals surface area contributed by atoms with Gasteiger partial charge in [-0.05, 0) is 35.0 Å². The third kappa shape index (κ3) is 4.98. The zero-order valence-corrected chi connectivity index (χ0v) is 15.5. The number of para-hydroxylation sites is 1. The highest BCUT2D eigenvalue weighted by Crippen LogP contribution is 2.12. The number of nitrogens with one attached hydrogen (secondary N) is 1. The van der Waals surface area contributed by atoms with Crippen molar-refractivity contribution in [3.8, 4) is 5.69 Å². The molecule has 0 fully saturated rings. The highest BCUT2D eigenvalue weighted by atomic mass is 32.2. The molecule has 0 saturated heterocycles. The van der Waals surface area contributed by atoms with Gasteiger partial charge in [0.05, 0.1) is 11.7 Å². The Morgan fingerprint density at radius 2 is 1.70 bits per heavy atom. The van der Waals surface area contributed by atoms with Gasteiger partial charge in [0.2, 0.25) is 5.91 Å². The van der Waals surface area contributed by atoms with E-state index in [-0.39, 0.29) is 11.9 Å². The number of sulfone groups is 1. The highest BCUT2D eigenvalue weighted by Gasteiger charge is 2.22. The van der Waals surface area contributed by atoms with Crippen molar-refractivity contribution < 1.29 is 13.2 Å². The number of rotatable bonds is 7. The minimum absolute atomic E-state index is 0.158. The van der Waals surface area contributed by atoms with Crippen molar-refractivity contribution in [1.82, 2.24) is 25.5 Å². The molecule has 1 unspecified atom stereocenters. The summed E-state index contributed by atoms with van der Waals surface area (Å²) in [5.41, 5.74) is 1.55. The Hall–Kier alpha value is -3.07. The SMILES string of the molecule is CC(NC(=O)CS(=O)(=O)Cc1nnnn1-c1ccccc1)c1ccccc1. The predicted octanol–water partition coefficient (Wildman–Crippen LogP) is 1.45. The lowest BCUT2D eigenvalue weighted by atomic mass is 10.1. The predicted molar refractivity (Wildman–Crippen MR) is 99.6 cm³/mol. The number of benzene rings is 2. The molecule has 27 heavy (non-hydrogen) atoms. The van der Waals surface area contributed by atoms with Crippen molar-refractivity contribution in [1.29, 1.82) is 0 Å². The number of nitrogens with zero attached hydrogens (tertiary/aromatic N) is 4. The second-order valence-corrected chi connectivity index (χ2v) is 8.14. The summed E-state index contributed by atoms with van der Waals surface area (Å²) in [5, 5.41) is 13.9. The Morgan fingerprint density at radius 3 is 2.37 bits per heavy atom. The molecule has 8 nitrogen and oxygen atoms in total. The number of carbonyl (C=O) groups is 1. The molecule has 140 valence electrons. The van der Waals surface area contributed by atoms with Crippen molar-refractivity contribution in [3.63, 3.8) is 0 Å². The van der Waals surface area contributed by atoms with E-state index in [4.69, 9.17) is 0 Å². The zero-order valence-electron chi connectivity index (χ0n) is 14.7. The second-order valence-electron chi connectivity index (χ2n) is 6.07. The molecule has 0 aliphatic carbocycles. The number of tetrazole rings is 1. The molecule has 1 N–H and O–H groups in total. The molecule has 0 aliphatic rings. The Bertz CT molecular complexity index is 1000. The van der Waals surface area contributed by atoms with Gasteiger partial charge in [0.1, 0.15) is 11.5 Å². The van der Waals surface area contributed by atoms with E-state index in [1.165, 1.54) is 4.68 Å². The van der Waals surface area contributed by atoms with E-state index in [9.17, 15) is 13.2 Å². The van der Waals surface area contributed by atoms with Gasteiger partial charge in [-0.25, -0.2) is 8.42 Å². The van der Waals surface area contributed by atoms with Crippen molar-refractivity contribution in [2.24, 2.45) is 0 Å². The second kappa shape index (κ2) is 8.09. The quantitative estimate of drug-likeness (QED) is 0.660. The Kier molecular flexibility index (Phi) is 5.60. The average molecular weight is 385 g/mol. The molecule has 0 spiro atoms. The molecule has 0 aliphatic heterocycles. The van der Waals surface area contributed by atoms with E-state index in [1.54, 1.807) is 31.2 Å². The van der Waals surface area contributed by atoms with Crippen LogP contribution in [0.3, 0.4) is 0 Å². The van der Waals surface area contributed by atoms with Crippen LogP contribution in [0, 0.1) is 0 Å². The smallest absolute Gasteiger partial charge is 0.235 e. The van der Waals surface area contributed by atoms with Gasteiger partial charge in [-0.3, -0.25) is 4.79 Å². The summed E-state index contributed by atoms with van der Waals surface area (Å²) < 4.78 is 26.2. The van der Waals surface area contributed by atoms with Crippen LogP contribution in [0.5, 0.6) is 0 Å². The van der Waals surface area contributed by atoms with Crippen LogP contribution < -0.4 is 5.32 Å². The van der Waals surface area contributed by atoms with Crippen LogP contribution in [0.15, 0.2) is 60.7 Å². The van der Waals surface area contributed by atoms with Gasteiger partial charge in [0.25, 0.3) is 0 Å². The molecule has 3 aromatic rings. The normalized spacial score (nSPS) is 12.5. The van der Waals surface area contributed by atoms with Crippen LogP contribution in [-0.4, -0.2) is 40.3 Å². The van der Waals surface area contributed by atoms with Crippen LogP contribution in [0.2, 0.25) is 0 Å². The maximum atomic E-state index is 12.4. The van der Waals surface area contributed by atoms with Gasteiger partial charge in [0, 0.05) is 0 Å². The van der Waals surface area contributed by atoms with Gasteiger partial charge >= 0.3 is 0 Å². The minimum atomic E-state index is -3.74. The number of hydrogen-bond donors (Lipinski definition) is 1. The summed E-state index contributed by atoms with van der Waals surface area (Å²) >= 11 is 0. The Balaban J connectivity index is 1.66. The molecular weight excluding hydrogens is 366 g/mol. The van der Waals surface area contributed by atoms with Crippen molar-refractivity contribution in [3.05, 3.63) is 72.1 Å². The fraction of sp³-hybridized carbons (Fsp3) is 0.222. The van der Waals surface area contributed by atoms with E-state index >= 15 is 0 Å². The maximum Gasteiger partial charge on any atom is 0.235 e. The Labute approximate surface area is 157 Å². The summed E-state index contributed by atoms with van der Waals surface area (Å²) in [6.07, 6.45) is 0. The number of hydrogen-bond acceptors (Lipinski definition) is 6. The summed E-state index contributed by atoms with van der Waals surface area (Å²) in [7, 11) is -3.74. The maximum absolute atomic E-state index is 12.4. The number of amides is 1. The molecular formula is C18H19N5O3S. The van der Waals surface area contributed by atoms with Crippen LogP contribution in [-0.2, 0) is 20.4 Å². The van der Waals surface area contributed by atoms with E-state index < -0.39 is 27.3 Å². The summed E-state index contributed by atoms with van der Waals surface area (Å²) in [5.74, 6) is -1.47. The first-order chi connectivity index (χ1) is 12.9. The van der Waals surface area contributed by atoms with E-state index in [1.807, 2.05) is 36.4 Å². The van der Waals surface area contributed by atoms with Gasteiger partial charge in [-0.15, -0.1) is 5.10 Å². The summed E-state index contributed by atoms with van der Waals surface area (Å²) in [6, 6.07) is 18.0. The lowest BCUT2D eigenvalue weighted by molar-refractivity contribution is -0.119. The molecule has 1 aromatic heterocycles. The molecule has 2 aromatic carbocycles. The third-order valence-electron chi connectivity index (χ3n) is 3.91. The van der Waals surface area contributed by atoms with Crippen LogP contribution in [0.4, 0.5) is 0 Å². The van der Waals surface area contributed by atoms with Crippen LogP contribution in [0.1, 0.15) is 24.4 Å². The average Bonchev–Trinajstić information content (AvgIpc) is 3.09. The fourth-order valence-corrected chi connectivity index (χ4v) is 3.78. The molecule has 3 rings (SSSR count). The minimum Gasteiger partial charge on any atom is -0.349 e. The molecule has 0 radical (unpaired) electrons. The lowest BCUT2D eigenvalue weighted by Gasteiger charge is -2.14. The standard InChI is InChI=1S/C18H19N5O3S/c1-14(15-8-4-2-5-9-15)19-18(24)13-27(25,26)12-17-20-21-22-23(17)16-10-6-3-7-11-16/h2-11,14H,12-13H2,1H3,(H,19,24). The topological polar surface area (TPSA) is 107 Å².